The summed E-state index contributed by atoms with van der Waals surface area (Å²) < 4.78 is 18.5. The number of fused-ring (bicyclic) bond motifs is 1. The lowest BCUT2D eigenvalue weighted by Gasteiger charge is -2.70. The van der Waals surface area contributed by atoms with E-state index in [2.05, 4.69) is 36.2 Å². The van der Waals surface area contributed by atoms with E-state index in [1.54, 1.807) is 14.2 Å². The van der Waals surface area contributed by atoms with Gasteiger partial charge in [0.25, 0.3) is 0 Å². The Balaban J connectivity index is 1.73. The summed E-state index contributed by atoms with van der Waals surface area (Å²) in [5.74, 6) is 1.47. The van der Waals surface area contributed by atoms with Gasteiger partial charge in [-0.05, 0) is 44.5 Å². The lowest BCUT2D eigenvalue weighted by atomic mass is 9.37. The van der Waals surface area contributed by atoms with Crippen molar-refractivity contribution < 1.29 is 14.2 Å². The second kappa shape index (κ2) is 4.68. The van der Waals surface area contributed by atoms with Gasteiger partial charge in [0.1, 0.15) is 11.7 Å². The normalized spacial score (nSPS) is 45.2. The van der Waals surface area contributed by atoms with Gasteiger partial charge in [-0.1, -0.05) is 18.2 Å². The van der Waals surface area contributed by atoms with Gasteiger partial charge in [0.05, 0.1) is 24.5 Å². The summed E-state index contributed by atoms with van der Waals surface area (Å²) in [5.41, 5.74) is 1.78. The smallest absolute Gasteiger partial charge is 0.166 e. The third-order valence-corrected chi connectivity index (χ3v) is 8.43. The Hall–Kier alpha value is -2.03. The van der Waals surface area contributed by atoms with Crippen LogP contribution in [0.1, 0.15) is 24.0 Å². The molecule has 0 aromatic heterocycles. The van der Waals surface area contributed by atoms with Crippen LogP contribution < -0.4 is 9.47 Å². The molecule has 0 amide bonds. The van der Waals surface area contributed by atoms with E-state index in [1.165, 1.54) is 11.1 Å². The van der Waals surface area contributed by atoms with E-state index < -0.39 is 5.60 Å². The van der Waals surface area contributed by atoms with Crippen LogP contribution in [0.2, 0.25) is 0 Å². The number of piperidine rings is 1. The van der Waals surface area contributed by atoms with E-state index in [0.29, 0.717) is 6.04 Å². The molecule has 0 radical (unpaired) electrons. The number of hydrogen-bond acceptors (Lipinski definition) is 5. The van der Waals surface area contributed by atoms with Gasteiger partial charge in [0.2, 0.25) is 0 Å². The largest absolute Gasteiger partial charge is 0.493 e. The van der Waals surface area contributed by atoms with Crippen molar-refractivity contribution in [1.82, 2.24) is 4.90 Å². The van der Waals surface area contributed by atoms with Crippen molar-refractivity contribution in [3.8, 4) is 17.6 Å². The van der Waals surface area contributed by atoms with Gasteiger partial charge < -0.3 is 19.1 Å². The molecule has 1 aromatic rings. The summed E-state index contributed by atoms with van der Waals surface area (Å²) in [6.45, 7) is 1.03. The van der Waals surface area contributed by atoms with E-state index in [1.807, 2.05) is 6.07 Å². The quantitative estimate of drug-likeness (QED) is 0.755. The molecule has 2 fully saturated rings. The monoisotopic (exact) mass is 364 g/mol. The zero-order valence-corrected chi connectivity index (χ0v) is 16.0. The highest BCUT2D eigenvalue weighted by atomic mass is 16.6. The fourth-order valence-corrected chi connectivity index (χ4v) is 7.35. The summed E-state index contributed by atoms with van der Waals surface area (Å²) in [7, 11) is 5.66. The molecule has 1 saturated heterocycles. The molecule has 6 atom stereocenters. The summed E-state index contributed by atoms with van der Waals surface area (Å²) in [6.07, 6.45) is 7.21. The molecule has 2 heterocycles. The third-order valence-electron chi connectivity index (χ3n) is 8.43. The Labute approximate surface area is 159 Å². The first kappa shape index (κ1) is 16.0. The number of nitrogens with zero attached hydrogens (tertiary/aromatic N) is 2. The van der Waals surface area contributed by atoms with Gasteiger partial charge in [-0.2, -0.15) is 5.26 Å². The standard InChI is InChI=1S/C22H24N2O3/c1-24-9-8-21-17-13-4-5-15(25-2)18(17)27-19(21)22(26-3)7-6-20(21,16(24)10-13)11-14(22)12-23/h4-7,14,16,19H,8-11H2,1-3H3/t14-,16+,19-,20+,21-,22+/m0/s1. The first-order chi connectivity index (χ1) is 13.1. The van der Waals surface area contributed by atoms with E-state index in [0.717, 1.165) is 37.3 Å². The van der Waals surface area contributed by atoms with Crippen molar-refractivity contribution in [1.29, 1.82) is 5.26 Å². The minimum atomic E-state index is -0.699. The molecule has 1 saturated carbocycles. The van der Waals surface area contributed by atoms with Gasteiger partial charge >= 0.3 is 0 Å². The predicted octanol–water partition coefficient (Wildman–Crippen LogP) is 2.44. The third kappa shape index (κ3) is 1.40. The molecule has 140 valence electrons. The molecule has 5 nitrogen and oxygen atoms in total. The number of benzene rings is 1. The second-order valence-electron chi connectivity index (χ2n) is 8.87. The Morgan fingerprint density at radius 1 is 1.30 bits per heavy atom. The molecule has 4 bridgehead atoms. The number of ether oxygens (including phenoxy) is 3. The molecule has 7 rings (SSSR count). The average Bonchev–Trinajstić information content (AvgIpc) is 3.07. The second-order valence-corrected chi connectivity index (χ2v) is 8.87. The molecular formula is C22H24N2O3. The topological polar surface area (TPSA) is 54.7 Å². The molecule has 4 aliphatic carbocycles. The lowest BCUT2D eigenvalue weighted by molar-refractivity contribution is -0.203. The maximum absolute atomic E-state index is 10.0. The maximum atomic E-state index is 10.0. The first-order valence-corrected chi connectivity index (χ1v) is 9.80. The minimum absolute atomic E-state index is 0.0873. The molecule has 2 aliphatic heterocycles. The lowest BCUT2D eigenvalue weighted by Crippen LogP contribution is -2.78. The van der Waals surface area contributed by atoms with Gasteiger partial charge in [0.15, 0.2) is 11.5 Å². The van der Waals surface area contributed by atoms with E-state index >= 15 is 0 Å². The van der Waals surface area contributed by atoms with Crippen molar-refractivity contribution in [3.63, 3.8) is 0 Å². The van der Waals surface area contributed by atoms with Crippen LogP contribution in [0.4, 0.5) is 0 Å². The van der Waals surface area contributed by atoms with Crippen LogP contribution in [0.5, 0.6) is 11.5 Å². The van der Waals surface area contributed by atoms with Crippen LogP contribution in [0.3, 0.4) is 0 Å². The zero-order chi connectivity index (χ0) is 18.6. The van der Waals surface area contributed by atoms with Crippen molar-refractivity contribution in [2.75, 3.05) is 27.8 Å². The number of methoxy groups -OCH3 is 2. The summed E-state index contributed by atoms with van der Waals surface area (Å²) in [4.78, 5) is 2.50. The molecule has 0 N–H and O–H groups in total. The average molecular weight is 364 g/mol. The van der Waals surface area contributed by atoms with E-state index in [4.69, 9.17) is 14.2 Å². The zero-order valence-electron chi connectivity index (χ0n) is 16.0. The molecule has 5 heteroatoms. The van der Waals surface area contributed by atoms with E-state index in [-0.39, 0.29) is 22.9 Å². The van der Waals surface area contributed by atoms with Gasteiger partial charge in [0, 0.05) is 24.1 Å². The molecule has 0 unspecified atom stereocenters. The van der Waals surface area contributed by atoms with Crippen LogP contribution in [-0.2, 0) is 16.6 Å². The highest BCUT2D eigenvalue weighted by Crippen LogP contribution is 2.74. The van der Waals surface area contributed by atoms with E-state index in [9.17, 15) is 5.26 Å². The van der Waals surface area contributed by atoms with Crippen LogP contribution >= 0.6 is 0 Å². The summed E-state index contributed by atoms with van der Waals surface area (Å²) in [6, 6.07) is 7.20. The highest BCUT2D eigenvalue weighted by molar-refractivity contribution is 5.65. The van der Waals surface area contributed by atoms with Crippen LogP contribution in [0.25, 0.3) is 0 Å². The Bertz CT molecular complexity index is 936. The number of likely N-dealkylation sites (tertiary alicyclic amines) is 1. The fourth-order valence-electron chi connectivity index (χ4n) is 7.35. The van der Waals surface area contributed by atoms with Gasteiger partial charge in [-0.15, -0.1) is 0 Å². The highest BCUT2D eigenvalue weighted by Gasteiger charge is 2.79. The summed E-state index contributed by atoms with van der Waals surface area (Å²) >= 11 is 0. The SMILES string of the molecule is COc1ccc2c3c1O[C@@H]1[C@@]4(OC)C=C[C@@]5(C[C@H]4C#N)[C@@H](C2)N(C)CC[C@]315. The predicted molar refractivity (Wildman–Crippen MR) is 98.9 cm³/mol. The Kier molecular flexibility index (Phi) is 2.77. The Morgan fingerprint density at radius 2 is 2.15 bits per heavy atom. The summed E-state index contributed by atoms with van der Waals surface area (Å²) in [5, 5.41) is 10.0. The van der Waals surface area contributed by atoms with Crippen LogP contribution in [0.15, 0.2) is 24.3 Å². The molecule has 27 heavy (non-hydrogen) atoms. The number of rotatable bonds is 2. The van der Waals surface area contributed by atoms with Crippen LogP contribution in [-0.4, -0.2) is 50.5 Å². The van der Waals surface area contributed by atoms with Crippen molar-refractivity contribution >= 4 is 0 Å². The fraction of sp³-hybridized carbons (Fsp3) is 0.591. The minimum Gasteiger partial charge on any atom is -0.493 e. The van der Waals surface area contributed by atoms with Crippen molar-refractivity contribution in [2.24, 2.45) is 11.3 Å². The number of hydrogen-bond donors (Lipinski definition) is 0. The number of nitriles is 1. The molecule has 1 aromatic carbocycles. The van der Waals surface area contributed by atoms with Crippen molar-refractivity contribution in [2.45, 2.75) is 42.4 Å². The number of likely N-dealkylation sites (N-methyl/N-ethyl adjacent to an activating group) is 1. The molecule has 2 spiro atoms. The molecular weight excluding hydrogens is 340 g/mol. The maximum Gasteiger partial charge on any atom is 0.166 e. The molecule has 6 aliphatic rings. The van der Waals surface area contributed by atoms with Gasteiger partial charge in [-0.3, -0.25) is 0 Å². The van der Waals surface area contributed by atoms with Crippen molar-refractivity contribution in [3.05, 3.63) is 35.4 Å². The van der Waals surface area contributed by atoms with Crippen LogP contribution in [0, 0.1) is 22.7 Å². The first-order valence-electron chi connectivity index (χ1n) is 9.80. The Morgan fingerprint density at radius 3 is 2.89 bits per heavy atom. The van der Waals surface area contributed by atoms with Gasteiger partial charge in [-0.25, -0.2) is 0 Å².